The van der Waals surface area contributed by atoms with E-state index in [0.29, 0.717) is 31.6 Å². The molecular formula is C42H52N6O6S. The van der Waals surface area contributed by atoms with E-state index in [9.17, 15) is 23.1 Å². The summed E-state index contributed by atoms with van der Waals surface area (Å²) in [7, 11) is -4.06. The molecule has 0 spiro atoms. The van der Waals surface area contributed by atoms with Crippen molar-refractivity contribution in [1.29, 1.82) is 0 Å². The highest BCUT2D eigenvalue weighted by Crippen LogP contribution is 2.29. The van der Waals surface area contributed by atoms with Crippen LogP contribution in [0.4, 0.5) is 4.79 Å². The summed E-state index contributed by atoms with van der Waals surface area (Å²) in [5.74, 6) is -0.438. The van der Waals surface area contributed by atoms with Gasteiger partial charge < -0.3 is 25.4 Å². The van der Waals surface area contributed by atoms with Crippen molar-refractivity contribution in [3.8, 4) is 0 Å². The predicted molar refractivity (Wildman–Crippen MR) is 212 cm³/mol. The Bertz CT molecular complexity index is 2040. The van der Waals surface area contributed by atoms with Gasteiger partial charge in [-0.15, -0.1) is 0 Å². The standard InChI is InChI=1S/C42H52N6O6S/c1-3-30(2)40(48-24-23-46(42(48)51)28-35-16-9-15-34-17-10-22-43-39(34)35)41(50)45-37(25-31-11-5-4-6-12-31)38(49)29-47(27-33-13-7-8-14-33)55(53,54)36-20-18-32(19-21-36)26-44-52/h4-6,9-12,15-22,26,30,33,37-38,40,49,52H,3,7-8,13-14,23-25,27-29H2,1-2H3,(H,45,50)/t30-,37-,38-,40-/m0/s1. The number of sulfonamides is 1. The average molecular weight is 769 g/mol. The van der Waals surface area contributed by atoms with Crippen LogP contribution >= 0.6 is 0 Å². The molecule has 4 atom stereocenters. The van der Waals surface area contributed by atoms with Gasteiger partial charge in [0.1, 0.15) is 6.04 Å². The maximum atomic E-state index is 14.5. The van der Waals surface area contributed by atoms with Crippen molar-refractivity contribution in [2.24, 2.45) is 17.0 Å². The monoisotopic (exact) mass is 768 g/mol. The number of benzene rings is 3. The fraction of sp³-hybridized carbons (Fsp3) is 0.429. The summed E-state index contributed by atoms with van der Waals surface area (Å²) in [6.07, 6.45) is 6.40. The molecule has 0 bridgehead atoms. The lowest BCUT2D eigenvalue weighted by atomic mass is 9.95. The Morgan fingerprint density at radius 1 is 1.02 bits per heavy atom. The quantitative estimate of drug-likeness (QED) is 0.0711. The van der Waals surface area contributed by atoms with Crippen LogP contribution in [0, 0.1) is 11.8 Å². The molecule has 12 nitrogen and oxygen atoms in total. The number of para-hydroxylation sites is 1. The molecule has 3 amide bonds. The number of nitrogens with zero attached hydrogens (tertiary/aromatic N) is 5. The van der Waals surface area contributed by atoms with Crippen molar-refractivity contribution in [3.63, 3.8) is 0 Å². The van der Waals surface area contributed by atoms with Gasteiger partial charge in [-0.25, -0.2) is 13.2 Å². The Morgan fingerprint density at radius 2 is 1.75 bits per heavy atom. The number of hydrogen-bond acceptors (Lipinski definition) is 8. The summed E-state index contributed by atoms with van der Waals surface area (Å²) < 4.78 is 29.8. The van der Waals surface area contributed by atoms with Gasteiger partial charge in [-0.05, 0) is 66.0 Å². The second kappa shape index (κ2) is 18.2. The number of carbonyl (C=O) groups is 2. The topological polar surface area (TPSA) is 156 Å². The number of hydrogen-bond donors (Lipinski definition) is 3. The lowest BCUT2D eigenvalue weighted by Gasteiger charge is -2.35. The Kier molecular flexibility index (Phi) is 13.2. The zero-order valence-corrected chi connectivity index (χ0v) is 32.4. The molecule has 6 rings (SSSR count). The van der Waals surface area contributed by atoms with Crippen LogP contribution in [-0.4, -0.2) is 100 Å². The normalized spacial score (nSPS) is 17.6. The summed E-state index contributed by atoms with van der Waals surface area (Å²) in [6.45, 7) is 5.10. The fourth-order valence-electron chi connectivity index (χ4n) is 7.89. The van der Waals surface area contributed by atoms with Gasteiger partial charge in [0.2, 0.25) is 15.9 Å². The molecule has 4 aromatic rings. The van der Waals surface area contributed by atoms with Gasteiger partial charge in [0.15, 0.2) is 0 Å². The summed E-state index contributed by atoms with van der Waals surface area (Å²) in [4.78, 5) is 36.5. The minimum Gasteiger partial charge on any atom is -0.411 e. The molecule has 2 fully saturated rings. The molecule has 0 radical (unpaired) electrons. The number of aromatic nitrogens is 1. The highest BCUT2D eigenvalue weighted by atomic mass is 32.2. The van der Waals surface area contributed by atoms with Gasteiger partial charge in [0.05, 0.1) is 28.8 Å². The van der Waals surface area contributed by atoms with Gasteiger partial charge in [0.25, 0.3) is 0 Å². The second-order valence-corrected chi connectivity index (χ2v) is 16.8. The van der Waals surface area contributed by atoms with Crippen LogP contribution in [0.1, 0.15) is 62.6 Å². The molecule has 2 heterocycles. The van der Waals surface area contributed by atoms with E-state index in [2.05, 4.69) is 15.5 Å². The molecule has 1 aromatic heterocycles. The zero-order chi connectivity index (χ0) is 39.0. The van der Waals surface area contributed by atoms with Gasteiger partial charge in [-0.3, -0.25) is 9.78 Å². The first kappa shape index (κ1) is 39.8. The van der Waals surface area contributed by atoms with Gasteiger partial charge in [-0.2, -0.15) is 4.31 Å². The van der Waals surface area contributed by atoms with Crippen LogP contribution in [0.5, 0.6) is 0 Å². The van der Waals surface area contributed by atoms with Crippen LogP contribution in [0.2, 0.25) is 0 Å². The number of amides is 3. The molecule has 1 aliphatic heterocycles. The average Bonchev–Trinajstić information content (AvgIpc) is 3.84. The number of fused-ring (bicyclic) bond motifs is 1. The number of aliphatic hydroxyl groups excluding tert-OH is 1. The maximum absolute atomic E-state index is 14.5. The van der Waals surface area contributed by atoms with Gasteiger partial charge in [-0.1, -0.05) is 105 Å². The van der Waals surface area contributed by atoms with Crippen molar-refractivity contribution in [2.45, 2.75) is 82.0 Å². The third kappa shape index (κ3) is 9.52. The Hall–Kier alpha value is -4.85. The highest BCUT2D eigenvalue weighted by molar-refractivity contribution is 7.89. The van der Waals surface area contributed by atoms with E-state index < -0.39 is 28.2 Å². The van der Waals surface area contributed by atoms with Crippen molar-refractivity contribution in [1.82, 2.24) is 24.4 Å². The molecule has 292 valence electrons. The zero-order valence-electron chi connectivity index (χ0n) is 31.6. The van der Waals surface area contributed by atoms with E-state index in [4.69, 9.17) is 5.21 Å². The Balaban J connectivity index is 1.24. The van der Waals surface area contributed by atoms with E-state index in [1.54, 1.807) is 28.1 Å². The van der Waals surface area contributed by atoms with Gasteiger partial charge >= 0.3 is 6.03 Å². The minimum absolute atomic E-state index is 0.0599. The first-order valence-electron chi connectivity index (χ1n) is 19.3. The molecule has 55 heavy (non-hydrogen) atoms. The summed E-state index contributed by atoms with van der Waals surface area (Å²) in [5, 5.41) is 28.1. The van der Waals surface area contributed by atoms with Crippen LogP contribution in [0.15, 0.2) is 101 Å². The number of rotatable bonds is 17. The molecule has 3 aromatic carbocycles. The number of carbonyl (C=O) groups excluding carboxylic acids is 2. The van der Waals surface area contributed by atoms with Crippen molar-refractivity contribution < 1.29 is 28.3 Å². The fourth-order valence-corrected chi connectivity index (χ4v) is 9.42. The van der Waals surface area contributed by atoms with Crippen molar-refractivity contribution >= 4 is 39.1 Å². The molecule has 0 unspecified atom stereocenters. The lowest BCUT2D eigenvalue weighted by Crippen LogP contribution is -2.57. The van der Waals surface area contributed by atoms with Crippen LogP contribution in [-0.2, 0) is 27.8 Å². The molecule has 2 aliphatic rings. The van der Waals surface area contributed by atoms with Gasteiger partial charge in [0, 0.05) is 44.3 Å². The Morgan fingerprint density at radius 3 is 2.45 bits per heavy atom. The number of nitrogens with one attached hydrogen (secondary N) is 1. The molecular weight excluding hydrogens is 717 g/mol. The summed E-state index contributed by atoms with van der Waals surface area (Å²) in [5.41, 5.74) is 3.17. The summed E-state index contributed by atoms with van der Waals surface area (Å²) >= 11 is 0. The van der Waals surface area contributed by atoms with Crippen molar-refractivity contribution in [2.75, 3.05) is 26.2 Å². The molecule has 1 saturated heterocycles. The smallest absolute Gasteiger partial charge is 0.321 e. The third-order valence-electron chi connectivity index (χ3n) is 11.1. The largest absolute Gasteiger partial charge is 0.411 e. The molecule has 1 aliphatic carbocycles. The first-order valence-corrected chi connectivity index (χ1v) is 20.7. The van der Waals surface area contributed by atoms with E-state index >= 15 is 0 Å². The maximum Gasteiger partial charge on any atom is 0.321 e. The van der Waals surface area contributed by atoms with Crippen LogP contribution in [0.25, 0.3) is 10.9 Å². The number of urea groups is 1. The Labute approximate surface area is 323 Å². The predicted octanol–water partition coefficient (Wildman–Crippen LogP) is 5.66. The van der Waals surface area contributed by atoms with E-state index in [1.165, 1.54) is 22.7 Å². The highest BCUT2D eigenvalue weighted by Gasteiger charge is 2.41. The molecule has 13 heteroatoms. The third-order valence-corrected chi connectivity index (χ3v) is 13.0. The van der Waals surface area contributed by atoms with Crippen LogP contribution < -0.4 is 5.32 Å². The minimum atomic E-state index is -4.06. The molecule has 3 N–H and O–H groups in total. The second-order valence-electron chi connectivity index (χ2n) is 14.9. The molecule has 1 saturated carbocycles. The van der Waals surface area contributed by atoms with E-state index in [1.807, 2.05) is 74.5 Å². The van der Waals surface area contributed by atoms with E-state index in [-0.39, 0.29) is 48.2 Å². The number of aliphatic hydroxyl groups is 1. The number of pyridine rings is 1. The van der Waals surface area contributed by atoms with Crippen molar-refractivity contribution in [3.05, 3.63) is 108 Å². The van der Waals surface area contributed by atoms with E-state index in [0.717, 1.165) is 47.7 Å². The van der Waals surface area contributed by atoms with Crippen LogP contribution in [0.3, 0.4) is 0 Å². The number of oxime groups is 1. The summed E-state index contributed by atoms with van der Waals surface area (Å²) in [6, 6.07) is 23.4. The lowest BCUT2D eigenvalue weighted by molar-refractivity contribution is -0.128. The first-order chi connectivity index (χ1) is 26.6. The SMILES string of the molecule is CC[C@H](C)[C@@H](C(=O)N[C@@H](Cc1ccccc1)[C@@H](O)CN(CC1CCCC1)S(=O)(=O)c1ccc(C=NO)cc1)N1CCN(Cc2cccc3cccnc23)C1=O.